The van der Waals surface area contributed by atoms with Gasteiger partial charge in [0.05, 0.1) is 0 Å². The first-order chi connectivity index (χ1) is 8.95. The molecule has 2 rings (SSSR count). The molecule has 1 aliphatic heterocycles. The Labute approximate surface area is 108 Å². The first-order valence-electron chi connectivity index (χ1n) is 5.98. The van der Waals surface area contributed by atoms with Crippen LogP contribution in [0.25, 0.3) is 0 Å². The van der Waals surface area contributed by atoms with Gasteiger partial charge >= 0.3 is 6.18 Å². The minimum Gasteiger partial charge on any atom is -0.384 e. The summed E-state index contributed by atoms with van der Waals surface area (Å²) >= 11 is 0. The fourth-order valence-electron chi connectivity index (χ4n) is 1.88. The Bertz CT molecular complexity index is 432. The van der Waals surface area contributed by atoms with Crippen molar-refractivity contribution in [2.24, 2.45) is 5.92 Å². The molecule has 1 aromatic rings. The smallest absolute Gasteiger partial charge is 0.384 e. The molecule has 5 nitrogen and oxygen atoms in total. The predicted octanol–water partition coefficient (Wildman–Crippen LogP) is 1.92. The SMILES string of the molecule is Nc1cc(NCC2CCOCC2)nc(C(F)(F)F)n1. The first kappa shape index (κ1) is 13.9. The quantitative estimate of drug-likeness (QED) is 0.882. The van der Waals surface area contributed by atoms with Crippen LogP contribution in [0.4, 0.5) is 24.8 Å². The molecule has 2 heterocycles. The molecule has 0 saturated carbocycles. The average Bonchev–Trinajstić information content (AvgIpc) is 2.36. The molecular weight excluding hydrogens is 261 g/mol. The van der Waals surface area contributed by atoms with Gasteiger partial charge in [-0.2, -0.15) is 13.2 Å². The molecule has 0 amide bonds. The maximum Gasteiger partial charge on any atom is 0.451 e. The molecule has 0 bridgehead atoms. The Morgan fingerprint density at radius 1 is 1.32 bits per heavy atom. The highest BCUT2D eigenvalue weighted by Crippen LogP contribution is 2.27. The van der Waals surface area contributed by atoms with E-state index in [0.717, 1.165) is 12.8 Å². The normalized spacial score (nSPS) is 17.4. The zero-order valence-corrected chi connectivity index (χ0v) is 10.2. The minimum atomic E-state index is -4.59. The van der Waals surface area contributed by atoms with Gasteiger partial charge in [0.15, 0.2) is 0 Å². The third kappa shape index (κ3) is 3.95. The van der Waals surface area contributed by atoms with Crippen molar-refractivity contribution in [1.29, 1.82) is 0 Å². The molecule has 106 valence electrons. The number of hydrogen-bond acceptors (Lipinski definition) is 5. The van der Waals surface area contributed by atoms with Gasteiger partial charge < -0.3 is 15.8 Å². The molecule has 8 heteroatoms. The number of halogens is 3. The highest BCUT2D eigenvalue weighted by Gasteiger charge is 2.35. The number of anilines is 2. The number of nitrogens with zero attached hydrogens (tertiary/aromatic N) is 2. The lowest BCUT2D eigenvalue weighted by atomic mass is 10.0. The van der Waals surface area contributed by atoms with Gasteiger partial charge in [-0.25, -0.2) is 9.97 Å². The lowest BCUT2D eigenvalue weighted by Crippen LogP contribution is -2.23. The molecule has 0 aliphatic carbocycles. The van der Waals surface area contributed by atoms with E-state index in [1.54, 1.807) is 0 Å². The van der Waals surface area contributed by atoms with Crippen LogP contribution in [0.3, 0.4) is 0 Å². The second kappa shape index (κ2) is 5.60. The van der Waals surface area contributed by atoms with Crippen molar-refractivity contribution < 1.29 is 17.9 Å². The van der Waals surface area contributed by atoms with Crippen LogP contribution in [0.1, 0.15) is 18.7 Å². The number of nitrogens with two attached hydrogens (primary N) is 1. The van der Waals surface area contributed by atoms with Gasteiger partial charge in [0.2, 0.25) is 5.82 Å². The van der Waals surface area contributed by atoms with Crippen LogP contribution < -0.4 is 11.1 Å². The second-order valence-electron chi connectivity index (χ2n) is 4.44. The number of rotatable bonds is 3. The summed E-state index contributed by atoms with van der Waals surface area (Å²) in [6.45, 7) is 1.93. The molecule has 0 atom stereocenters. The van der Waals surface area contributed by atoms with Gasteiger partial charge in [-0.05, 0) is 18.8 Å². The second-order valence-corrected chi connectivity index (χ2v) is 4.44. The van der Waals surface area contributed by atoms with Crippen LogP contribution in [0.15, 0.2) is 6.07 Å². The predicted molar refractivity (Wildman–Crippen MR) is 63.5 cm³/mol. The van der Waals surface area contributed by atoms with Crippen LogP contribution >= 0.6 is 0 Å². The van der Waals surface area contributed by atoms with Gasteiger partial charge in [0.25, 0.3) is 0 Å². The van der Waals surface area contributed by atoms with Crippen LogP contribution in [0.5, 0.6) is 0 Å². The number of ether oxygens (including phenoxy) is 1. The average molecular weight is 276 g/mol. The van der Waals surface area contributed by atoms with Gasteiger partial charge in [0, 0.05) is 25.8 Å². The van der Waals surface area contributed by atoms with Gasteiger partial charge in [0.1, 0.15) is 11.6 Å². The molecule has 0 spiro atoms. The van der Waals surface area contributed by atoms with Crippen LogP contribution in [-0.4, -0.2) is 29.7 Å². The molecule has 3 N–H and O–H groups in total. The molecule has 1 saturated heterocycles. The van der Waals surface area contributed by atoms with Crippen LogP contribution in [0, 0.1) is 5.92 Å². The van der Waals surface area contributed by atoms with Crippen molar-refractivity contribution in [3.05, 3.63) is 11.9 Å². The molecule has 0 unspecified atom stereocenters. The van der Waals surface area contributed by atoms with Crippen LogP contribution in [-0.2, 0) is 10.9 Å². The fraction of sp³-hybridized carbons (Fsp3) is 0.636. The van der Waals surface area contributed by atoms with Crippen molar-refractivity contribution in [2.75, 3.05) is 30.8 Å². The molecule has 19 heavy (non-hydrogen) atoms. The number of nitrogen functional groups attached to an aromatic ring is 1. The number of nitrogens with one attached hydrogen (secondary N) is 1. The standard InChI is InChI=1S/C11H15F3N4O/c12-11(13,14)10-17-8(15)5-9(18-10)16-6-7-1-3-19-4-2-7/h5,7H,1-4,6H2,(H3,15,16,17,18). The molecule has 1 aromatic heterocycles. The Kier molecular flexibility index (Phi) is 4.08. The maximum atomic E-state index is 12.5. The molecule has 0 aromatic carbocycles. The van der Waals surface area contributed by atoms with E-state index in [1.807, 2.05) is 0 Å². The Morgan fingerprint density at radius 3 is 2.63 bits per heavy atom. The summed E-state index contributed by atoms with van der Waals surface area (Å²) in [5.41, 5.74) is 5.35. The number of hydrogen-bond donors (Lipinski definition) is 2. The van der Waals surface area contributed by atoms with E-state index in [4.69, 9.17) is 10.5 Å². The lowest BCUT2D eigenvalue weighted by Gasteiger charge is -2.22. The highest BCUT2D eigenvalue weighted by molar-refractivity contribution is 5.44. The highest BCUT2D eigenvalue weighted by atomic mass is 19.4. The monoisotopic (exact) mass is 276 g/mol. The van der Waals surface area contributed by atoms with E-state index in [0.29, 0.717) is 25.7 Å². The zero-order chi connectivity index (χ0) is 13.9. The summed E-state index contributed by atoms with van der Waals surface area (Å²) in [5.74, 6) is -0.940. The summed E-state index contributed by atoms with van der Waals surface area (Å²) in [6.07, 6.45) is -2.82. The lowest BCUT2D eigenvalue weighted by molar-refractivity contribution is -0.144. The van der Waals surface area contributed by atoms with E-state index in [9.17, 15) is 13.2 Å². The molecule has 0 radical (unpaired) electrons. The molecule has 1 aliphatic rings. The Morgan fingerprint density at radius 2 is 2.00 bits per heavy atom. The minimum absolute atomic E-state index is 0.103. The topological polar surface area (TPSA) is 73.1 Å². The van der Waals surface area contributed by atoms with E-state index in [2.05, 4.69) is 15.3 Å². The van der Waals surface area contributed by atoms with Gasteiger partial charge in [-0.3, -0.25) is 0 Å². The number of alkyl halides is 3. The van der Waals surface area contributed by atoms with Gasteiger partial charge in [-0.15, -0.1) is 0 Å². The van der Waals surface area contributed by atoms with Crippen molar-refractivity contribution >= 4 is 11.6 Å². The summed E-state index contributed by atoms with van der Waals surface area (Å²) in [4.78, 5) is 6.61. The van der Waals surface area contributed by atoms with Crippen molar-refractivity contribution in [1.82, 2.24) is 9.97 Å². The number of aromatic nitrogens is 2. The largest absolute Gasteiger partial charge is 0.451 e. The third-order valence-corrected chi connectivity index (χ3v) is 2.91. The van der Waals surface area contributed by atoms with Crippen LogP contribution in [0.2, 0.25) is 0 Å². The Hall–Kier alpha value is -1.57. The Balaban J connectivity index is 2.01. The summed E-state index contributed by atoms with van der Waals surface area (Å²) in [5, 5.41) is 2.88. The zero-order valence-electron chi connectivity index (χ0n) is 10.2. The van der Waals surface area contributed by atoms with E-state index in [-0.39, 0.29) is 11.6 Å². The summed E-state index contributed by atoms with van der Waals surface area (Å²) < 4.78 is 42.8. The fourth-order valence-corrected chi connectivity index (χ4v) is 1.88. The van der Waals surface area contributed by atoms with E-state index < -0.39 is 12.0 Å². The van der Waals surface area contributed by atoms with Crippen molar-refractivity contribution in [2.45, 2.75) is 19.0 Å². The summed E-state index contributed by atoms with van der Waals surface area (Å²) in [7, 11) is 0. The van der Waals surface area contributed by atoms with E-state index >= 15 is 0 Å². The van der Waals surface area contributed by atoms with Gasteiger partial charge in [-0.1, -0.05) is 0 Å². The third-order valence-electron chi connectivity index (χ3n) is 2.91. The molecular formula is C11H15F3N4O. The molecule has 1 fully saturated rings. The summed E-state index contributed by atoms with van der Waals surface area (Å²) in [6, 6.07) is 1.30. The van der Waals surface area contributed by atoms with E-state index in [1.165, 1.54) is 6.07 Å². The first-order valence-corrected chi connectivity index (χ1v) is 5.98. The maximum absolute atomic E-state index is 12.5. The van der Waals surface area contributed by atoms with Crippen molar-refractivity contribution in [3.63, 3.8) is 0 Å². The van der Waals surface area contributed by atoms with Crippen molar-refractivity contribution in [3.8, 4) is 0 Å².